The van der Waals surface area contributed by atoms with E-state index >= 15 is 0 Å². The molecular weight excluding hydrogens is 399 g/mol. The summed E-state index contributed by atoms with van der Waals surface area (Å²) < 4.78 is 14.1. The Balaban J connectivity index is 1.40. The van der Waals surface area contributed by atoms with Crippen LogP contribution in [0.4, 0.5) is 10.2 Å². The number of aromatic nitrogens is 1. The zero-order chi connectivity index (χ0) is 20.8. The van der Waals surface area contributed by atoms with Crippen LogP contribution in [0.1, 0.15) is 37.1 Å². The molecule has 2 aromatic heterocycles. The fourth-order valence-corrected chi connectivity index (χ4v) is 5.14. The summed E-state index contributed by atoms with van der Waals surface area (Å²) in [5, 5.41) is 9.09. The van der Waals surface area contributed by atoms with Crippen molar-refractivity contribution >= 4 is 23.1 Å². The molecule has 2 fully saturated rings. The fourth-order valence-electron chi connectivity index (χ4n) is 4.29. The number of nitrogens with one attached hydrogen (secondary N) is 2. The van der Waals surface area contributed by atoms with Crippen molar-refractivity contribution in [3.63, 3.8) is 0 Å². The smallest absolute Gasteiger partial charge is 0.191 e. The molecule has 0 saturated carbocycles. The third kappa shape index (κ3) is 5.10. The van der Waals surface area contributed by atoms with Gasteiger partial charge in [0.15, 0.2) is 17.6 Å². The first-order valence-corrected chi connectivity index (χ1v) is 11.8. The molecule has 2 aliphatic rings. The number of hydrogen-bond acceptors (Lipinski definition) is 5. The lowest BCUT2D eigenvalue weighted by atomic mass is 10.2. The van der Waals surface area contributed by atoms with Crippen molar-refractivity contribution in [3.05, 3.63) is 46.5 Å². The van der Waals surface area contributed by atoms with Gasteiger partial charge in [0.2, 0.25) is 0 Å². The zero-order valence-corrected chi connectivity index (χ0v) is 18.4. The van der Waals surface area contributed by atoms with Crippen molar-refractivity contribution < 1.29 is 4.39 Å². The van der Waals surface area contributed by atoms with Crippen LogP contribution >= 0.6 is 11.3 Å². The van der Waals surface area contributed by atoms with Crippen LogP contribution in [0.25, 0.3) is 0 Å². The Kier molecular flexibility index (Phi) is 7.17. The summed E-state index contributed by atoms with van der Waals surface area (Å²) in [6, 6.07) is 8.00. The predicted octanol–water partition coefficient (Wildman–Crippen LogP) is 3.25. The van der Waals surface area contributed by atoms with Gasteiger partial charge in [-0.3, -0.25) is 9.89 Å². The van der Waals surface area contributed by atoms with Crippen LogP contribution in [0.3, 0.4) is 0 Å². The van der Waals surface area contributed by atoms with Crippen molar-refractivity contribution in [1.82, 2.24) is 20.5 Å². The third-order valence-corrected chi connectivity index (χ3v) is 6.76. The number of likely N-dealkylation sites (tertiary alicyclic amines) is 1. The Morgan fingerprint density at radius 1 is 1.30 bits per heavy atom. The topological polar surface area (TPSA) is 55.8 Å². The van der Waals surface area contributed by atoms with Gasteiger partial charge in [0.25, 0.3) is 0 Å². The third-order valence-electron chi connectivity index (χ3n) is 5.79. The Hall–Kier alpha value is -2.19. The maximum atomic E-state index is 14.1. The summed E-state index contributed by atoms with van der Waals surface area (Å²) >= 11 is 1.81. The normalized spacial score (nSPS) is 21.2. The number of anilines is 1. The van der Waals surface area contributed by atoms with Crippen molar-refractivity contribution in [2.45, 2.75) is 38.3 Å². The lowest BCUT2D eigenvalue weighted by Gasteiger charge is -2.26. The number of nitrogens with zero attached hydrogens (tertiary/aromatic N) is 4. The SMILES string of the molecule is CCNC(=NCC(c1cccs1)N1CCCC1)NC1CCN(c2ncccc2F)C1. The monoisotopic (exact) mass is 430 g/mol. The number of hydrogen-bond donors (Lipinski definition) is 2. The predicted molar refractivity (Wildman–Crippen MR) is 122 cm³/mol. The highest BCUT2D eigenvalue weighted by Crippen LogP contribution is 2.28. The van der Waals surface area contributed by atoms with Crippen LogP contribution in [0.15, 0.2) is 40.8 Å². The first kappa shape index (κ1) is 21.1. The summed E-state index contributed by atoms with van der Waals surface area (Å²) in [4.78, 5) is 15.1. The van der Waals surface area contributed by atoms with Gasteiger partial charge in [0.05, 0.1) is 12.6 Å². The van der Waals surface area contributed by atoms with Gasteiger partial charge >= 0.3 is 0 Å². The van der Waals surface area contributed by atoms with Gasteiger partial charge in [-0.05, 0) is 62.9 Å². The molecular formula is C22H31FN6S. The first-order valence-electron chi connectivity index (χ1n) is 10.9. The summed E-state index contributed by atoms with van der Waals surface area (Å²) in [5.41, 5.74) is 0. The molecule has 162 valence electrons. The van der Waals surface area contributed by atoms with Gasteiger partial charge in [0.1, 0.15) is 0 Å². The van der Waals surface area contributed by atoms with Crippen molar-refractivity contribution in [1.29, 1.82) is 0 Å². The Bertz CT molecular complexity index is 821. The summed E-state index contributed by atoms with van der Waals surface area (Å²) in [5.74, 6) is 1.02. The molecule has 2 saturated heterocycles. The molecule has 4 heterocycles. The second-order valence-electron chi connectivity index (χ2n) is 7.88. The van der Waals surface area contributed by atoms with Crippen LogP contribution in [0.5, 0.6) is 0 Å². The average Bonchev–Trinajstić information content (AvgIpc) is 3.52. The van der Waals surface area contributed by atoms with Gasteiger partial charge in [-0.25, -0.2) is 9.37 Å². The number of rotatable bonds is 7. The molecule has 2 aromatic rings. The van der Waals surface area contributed by atoms with Crippen LogP contribution in [0, 0.1) is 5.82 Å². The van der Waals surface area contributed by atoms with Crippen molar-refractivity contribution in [3.8, 4) is 0 Å². The van der Waals surface area contributed by atoms with E-state index in [9.17, 15) is 4.39 Å². The van der Waals surface area contributed by atoms with Gasteiger partial charge in [-0.2, -0.15) is 0 Å². The van der Waals surface area contributed by atoms with Gasteiger partial charge < -0.3 is 15.5 Å². The minimum Gasteiger partial charge on any atom is -0.357 e. The molecule has 30 heavy (non-hydrogen) atoms. The van der Waals surface area contributed by atoms with E-state index in [4.69, 9.17) is 4.99 Å². The maximum absolute atomic E-state index is 14.1. The number of pyridine rings is 1. The molecule has 2 aliphatic heterocycles. The van der Waals surface area contributed by atoms with Crippen LogP contribution < -0.4 is 15.5 Å². The number of guanidine groups is 1. The van der Waals surface area contributed by atoms with E-state index in [0.717, 1.165) is 51.6 Å². The highest BCUT2D eigenvalue weighted by molar-refractivity contribution is 7.10. The molecule has 6 nitrogen and oxygen atoms in total. The summed E-state index contributed by atoms with van der Waals surface area (Å²) in [7, 11) is 0. The number of thiophene rings is 1. The molecule has 2 unspecified atom stereocenters. The highest BCUT2D eigenvalue weighted by atomic mass is 32.1. The van der Waals surface area contributed by atoms with Gasteiger partial charge in [0, 0.05) is 36.8 Å². The van der Waals surface area contributed by atoms with E-state index in [2.05, 4.69) is 45.0 Å². The molecule has 0 bridgehead atoms. The van der Waals surface area contributed by atoms with E-state index in [1.165, 1.54) is 23.8 Å². The Labute approximate surface area is 182 Å². The first-order chi connectivity index (χ1) is 14.7. The molecule has 0 aromatic carbocycles. The van der Waals surface area contributed by atoms with E-state index in [0.29, 0.717) is 11.9 Å². The largest absolute Gasteiger partial charge is 0.357 e. The average molecular weight is 431 g/mol. The fraction of sp³-hybridized carbons (Fsp3) is 0.545. The molecule has 0 spiro atoms. The minimum absolute atomic E-state index is 0.219. The molecule has 0 radical (unpaired) electrons. The molecule has 2 N–H and O–H groups in total. The molecule has 0 aliphatic carbocycles. The Morgan fingerprint density at radius 2 is 2.17 bits per heavy atom. The van der Waals surface area contributed by atoms with Crippen molar-refractivity contribution in [2.24, 2.45) is 4.99 Å². The van der Waals surface area contributed by atoms with E-state index in [1.807, 2.05) is 16.2 Å². The number of halogens is 1. The van der Waals surface area contributed by atoms with E-state index < -0.39 is 0 Å². The van der Waals surface area contributed by atoms with Crippen LogP contribution in [-0.4, -0.2) is 61.2 Å². The quantitative estimate of drug-likeness (QED) is 0.522. The number of aliphatic imine (C=N–C) groups is 1. The van der Waals surface area contributed by atoms with Crippen LogP contribution in [-0.2, 0) is 0 Å². The van der Waals surface area contributed by atoms with Crippen LogP contribution in [0.2, 0.25) is 0 Å². The summed E-state index contributed by atoms with van der Waals surface area (Å²) in [6.07, 6.45) is 5.12. The maximum Gasteiger partial charge on any atom is 0.191 e. The van der Waals surface area contributed by atoms with E-state index in [-0.39, 0.29) is 11.9 Å². The van der Waals surface area contributed by atoms with E-state index in [1.54, 1.807) is 12.3 Å². The lowest BCUT2D eigenvalue weighted by molar-refractivity contribution is 0.255. The lowest BCUT2D eigenvalue weighted by Crippen LogP contribution is -2.45. The van der Waals surface area contributed by atoms with Crippen molar-refractivity contribution in [2.75, 3.05) is 44.2 Å². The standard InChI is InChI=1S/C22H31FN6S/c1-2-24-22(26-15-19(20-8-6-14-30-20)28-11-3-4-12-28)27-17-9-13-29(16-17)21-18(23)7-5-10-25-21/h5-8,10,14,17,19H,2-4,9,11-13,15-16H2,1H3,(H2,24,26,27). The second-order valence-corrected chi connectivity index (χ2v) is 8.86. The summed E-state index contributed by atoms with van der Waals surface area (Å²) in [6.45, 7) is 7.43. The zero-order valence-electron chi connectivity index (χ0n) is 17.6. The molecule has 0 amide bonds. The molecule has 2 atom stereocenters. The van der Waals surface area contributed by atoms with Gasteiger partial charge in [-0.1, -0.05) is 6.07 Å². The highest BCUT2D eigenvalue weighted by Gasteiger charge is 2.27. The minimum atomic E-state index is -0.261. The Morgan fingerprint density at radius 3 is 2.90 bits per heavy atom. The molecule has 4 rings (SSSR count). The molecule has 8 heteroatoms. The second kappa shape index (κ2) is 10.2. The van der Waals surface area contributed by atoms with Gasteiger partial charge in [-0.15, -0.1) is 11.3 Å².